The van der Waals surface area contributed by atoms with Crippen LogP contribution in [0.15, 0.2) is 35.9 Å². The molecular weight excluding hydrogens is 783 g/mol. The summed E-state index contributed by atoms with van der Waals surface area (Å²) in [5, 5.41) is 82.5. The van der Waals surface area contributed by atoms with Crippen LogP contribution in [0, 0.1) is 81.3 Å². The molecule has 0 amide bonds. The largest absolute Gasteiger partial charge is 0.454 e. The topological polar surface area (TPSA) is 177 Å². The van der Waals surface area contributed by atoms with Crippen LogP contribution in [0.4, 0.5) is 0 Å². The van der Waals surface area contributed by atoms with Gasteiger partial charge in [0.15, 0.2) is 0 Å². The van der Waals surface area contributed by atoms with Crippen molar-refractivity contribution in [2.24, 2.45) is 69.5 Å². The Morgan fingerprint density at radius 1 is 0.903 bits per heavy atom. The van der Waals surface area contributed by atoms with Gasteiger partial charge in [-0.3, -0.25) is 5.32 Å². The zero-order valence-corrected chi connectivity index (χ0v) is 36.5. The van der Waals surface area contributed by atoms with Crippen LogP contribution in [0.2, 0.25) is 0 Å². The lowest BCUT2D eigenvalue weighted by Crippen LogP contribution is -2.86. The molecule has 17 atom stereocenters. The Bertz CT molecular complexity index is 2070. The van der Waals surface area contributed by atoms with Gasteiger partial charge in [0, 0.05) is 53.2 Å². The molecular formula is C52H69NO9. The lowest BCUT2D eigenvalue weighted by Gasteiger charge is -2.74. The monoisotopic (exact) mass is 851 g/mol. The molecule has 0 saturated heterocycles. The Morgan fingerprint density at radius 2 is 1.68 bits per heavy atom. The molecule has 2 spiro atoms. The third kappa shape index (κ3) is 5.31. The van der Waals surface area contributed by atoms with E-state index in [1.807, 2.05) is 18.2 Å². The predicted octanol–water partition coefficient (Wildman–Crippen LogP) is 5.12. The van der Waals surface area contributed by atoms with Gasteiger partial charge in [0.25, 0.3) is 0 Å². The number of benzene rings is 1. The van der Waals surface area contributed by atoms with Crippen molar-refractivity contribution in [1.82, 2.24) is 5.32 Å². The molecule has 10 heteroatoms. The highest BCUT2D eigenvalue weighted by molar-refractivity contribution is 5.86. The Hall–Kier alpha value is -2.62. The Morgan fingerprint density at radius 3 is 2.44 bits per heavy atom. The number of fused-ring (bicyclic) bond motifs is 7. The smallest absolute Gasteiger partial charge is 0.331 e. The molecule has 11 rings (SSSR count). The van der Waals surface area contributed by atoms with Crippen LogP contribution >= 0.6 is 0 Å². The van der Waals surface area contributed by atoms with Gasteiger partial charge in [-0.15, -0.1) is 0 Å². The van der Waals surface area contributed by atoms with E-state index in [2.05, 4.69) is 30.1 Å². The van der Waals surface area contributed by atoms with E-state index < -0.39 is 75.1 Å². The normalized spacial score (nSPS) is 49.2. The Kier molecular flexibility index (Phi) is 9.96. The molecule has 1 aromatic rings. The second-order valence-corrected chi connectivity index (χ2v) is 22.7. The van der Waals surface area contributed by atoms with Crippen LogP contribution in [-0.2, 0) is 20.7 Å². The van der Waals surface area contributed by atoms with Crippen LogP contribution in [0.5, 0.6) is 0 Å². The number of aldehydes is 1. The minimum atomic E-state index is -2.20. The number of esters is 1. The van der Waals surface area contributed by atoms with Gasteiger partial charge in [-0.1, -0.05) is 75.5 Å². The molecule has 10 aliphatic rings. The van der Waals surface area contributed by atoms with Gasteiger partial charge in [0.05, 0.1) is 30.0 Å². The average Bonchev–Trinajstić information content (AvgIpc) is 4.07. The summed E-state index contributed by atoms with van der Waals surface area (Å²) in [7, 11) is 0. The number of hydrogen-bond acceptors (Lipinski definition) is 10. The second kappa shape index (κ2) is 14.7. The number of ether oxygens (including phenoxy) is 1. The van der Waals surface area contributed by atoms with Gasteiger partial charge in [-0.25, -0.2) is 4.79 Å². The van der Waals surface area contributed by atoms with E-state index in [1.165, 1.54) is 12.8 Å². The number of carbonyl (C=O) groups excluding carboxylic acids is 2. The first-order valence-corrected chi connectivity index (χ1v) is 24.7. The van der Waals surface area contributed by atoms with Crippen molar-refractivity contribution in [2.75, 3.05) is 6.73 Å². The van der Waals surface area contributed by atoms with E-state index in [4.69, 9.17) is 4.74 Å². The summed E-state index contributed by atoms with van der Waals surface area (Å²) in [5.41, 5.74) is -6.36. The highest BCUT2D eigenvalue weighted by Gasteiger charge is 2.86. The maximum absolute atomic E-state index is 14.7. The third-order valence-electron chi connectivity index (χ3n) is 21.0. The summed E-state index contributed by atoms with van der Waals surface area (Å²) >= 11 is 0. The molecule has 1 heterocycles. The first-order valence-electron chi connectivity index (χ1n) is 24.7. The van der Waals surface area contributed by atoms with Crippen LogP contribution in [0.25, 0.3) is 0 Å². The van der Waals surface area contributed by atoms with E-state index in [0.717, 1.165) is 67.9 Å². The number of aliphatic hydroxyl groups excluding tert-OH is 3. The standard InChI is InChI=1S/C52H69NO9/c1-30(31-10-2-3-11-31)33-15-16-38-45(57)47(18-8-9-19-47)27-49(28-54)41-17-21-48-20-7-6-13-32-12-4-5-14-34(32)24-40(53-29-55)36-22-35(43(48)37-25-42(56)62-44(36)37)26-50(48,59)52(41,61)46(58)39(23-33)51(38,49)60/h4-5,12,14,25,28,30-31,33,35-36,38-41,43-46,53,55,57-61H,2-3,7-11,15-24,26-27,29H2,1H3/t30-,33+,35+,36+,38+,39-,40+,41-,43-,44-,45-,46+,48-,49+,50-,51-,52-/m1/s1. The number of hydrogen-bond donors (Lipinski definition) is 7. The number of carbonyl (C=O) groups is 2. The van der Waals surface area contributed by atoms with E-state index in [-0.39, 0.29) is 55.7 Å². The van der Waals surface area contributed by atoms with Crippen LogP contribution in [0.1, 0.15) is 134 Å². The van der Waals surface area contributed by atoms with Crippen LogP contribution in [0.3, 0.4) is 0 Å². The Labute approximate surface area is 366 Å². The quantitative estimate of drug-likeness (QED) is 0.0912. The molecule has 1 aromatic carbocycles. The van der Waals surface area contributed by atoms with Crippen molar-refractivity contribution in [1.29, 1.82) is 0 Å². The molecule has 4 bridgehead atoms. The molecule has 336 valence electrons. The molecule has 62 heavy (non-hydrogen) atoms. The Balaban J connectivity index is 1.10. The zero-order valence-electron chi connectivity index (χ0n) is 36.5. The van der Waals surface area contributed by atoms with Gasteiger partial charge in [-0.2, -0.15) is 0 Å². The molecule has 0 radical (unpaired) electrons. The van der Waals surface area contributed by atoms with Crippen molar-refractivity contribution in [3.63, 3.8) is 0 Å². The highest BCUT2D eigenvalue weighted by atomic mass is 16.5. The predicted molar refractivity (Wildman–Crippen MR) is 229 cm³/mol. The van der Waals surface area contributed by atoms with Crippen molar-refractivity contribution >= 4 is 12.3 Å². The SMILES string of the molecule is C[C@H](C1CCCC1)[C@H]1CC[C@H]2[C@@H](O)C3(CCCC3)C[C@]3(C=O)[C@H]4CC[C@@]56CCC#Cc7ccccc7C[C@H](NCO)[C@@H]7C[C@@H](C[C@]5(O)[C@]4(O)[C@@H](O)[C@@H](C1)[C@]23O)[C@@H]6C1=CC(=O)O[C@@H]17. The summed E-state index contributed by atoms with van der Waals surface area (Å²) in [6.45, 7) is 2.04. The first kappa shape index (κ1) is 42.0. The van der Waals surface area contributed by atoms with Gasteiger partial charge in [0.2, 0.25) is 0 Å². The van der Waals surface area contributed by atoms with Crippen molar-refractivity contribution in [2.45, 2.75) is 170 Å². The summed E-state index contributed by atoms with van der Waals surface area (Å²) < 4.78 is 6.23. The fourth-order valence-electron chi connectivity index (χ4n) is 18.6. The number of nitrogens with one attached hydrogen (secondary N) is 1. The average molecular weight is 852 g/mol. The fourth-order valence-corrected chi connectivity index (χ4v) is 18.6. The second-order valence-electron chi connectivity index (χ2n) is 22.7. The minimum absolute atomic E-state index is 0.103. The molecule has 1 aliphatic heterocycles. The van der Waals surface area contributed by atoms with Gasteiger partial charge in [-0.05, 0) is 129 Å². The van der Waals surface area contributed by atoms with Crippen LogP contribution < -0.4 is 5.32 Å². The molecule has 9 aliphatic carbocycles. The fraction of sp³-hybridized carbons (Fsp3) is 0.769. The van der Waals surface area contributed by atoms with Crippen molar-refractivity contribution < 1.29 is 45.0 Å². The molecule has 10 nitrogen and oxygen atoms in total. The summed E-state index contributed by atoms with van der Waals surface area (Å²) in [5.74, 6) is 3.96. The highest BCUT2D eigenvalue weighted by Crippen LogP contribution is 2.79. The maximum atomic E-state index is 14.7. The summed E-state index contributed by atoms with van der Waals surface area (Å²) in [6, 6.07) is 7.71. The zero-order chi connectivity index (χ0) is 43.0. The van der Waals surface area contributed by atoms with E-state index in [9.17, 15) is 40.2 Å². The van der Waals surface area contributed by atoms with E-state index in [1.54, 1.807) is 6.08 Å². The third-order valence-corrected chi connectivity index (χ3v) is 21.0. The number of aliphatic hydroxyl groups is 6. The van der Waals surface area contributed by atoms with Crippen molar-refractivity contribution in [3.05, 3.63) is 47.0 Å². The minimum Gasteiger partial charge on any atom is -0.454 e. The van der Waals surface area contributed by atoms with Gasteiger partial charge >= 0.3 is 5.97 Å². The van der Waals surface area contributed by atoms with Crippen LogP contribution in [-0.4, -0.2) is 90.8 Å². The van der Waals surface area contributed by atoms with Gasteiger partial charge in [0.1, 0.15) is 23.6 Å². The maximum Gasteiger partial charge on any atom is 0.331 e. The first-order chi connectivity index (χ1) is 29.8. The lowest BCUT2D eigenvalue weighted by molar-refractivity contribution is -0.383. The van der Waals surface area contributed by atoms with E-state index >= 15 is 0 Å². The molecule has 0 aromatic heterocycles. The number of rotatable bonds is 5. The molecule has 7 N–H and O–H groups in total. The summed E-state index contributed by atoms with van der Waals surface area (Å²) in [6.07, 6.45) is 12.2. The van der Waals surface area contributed by atoms with Crippen molar-refractivity contribution in [3.8, 4) is 11.8 Å². The van der Waals surface area contributed by atoms with Gasteiger partial charge < -0.3 is 40.2 Å². The molecule has 8 saturated carbocycles. The molecule has 0 unspecified atom stereocenters. The lowest BCUT2D eigenvalue weighted by atomic mass is 9.33. The van der Waals surface area contributed by atoms with E-state index in [0.29, 0.717) is 56.8 Å². The molecule has 8 fully saturated rings. The summed E-state index contributed by atoms with van der Waals surface area (Å²) in [4.78, 5) is 28.2.